The number of nitrogens with zero attached hydrogens (tertiary/aromatic N) is 1. The molecule has 7 heteroatoms. The van der Waals surface area contributed by atoms with Gasteiger partial charge in [0.05, 0.1) is 17.3 Å². The number of benzene rings is 2. The third-order valence-electron chi connectivity index (χ3n) is 4.74. The van der Waals surface area contributed by atoms with Crippen molar-refractivity contribution in [3.8, 4) is 10.4 Å². The molecule has 6 nitrogen and oxygen atoms in total. The average molecular weight is 392 g/mol. The molecule has 142 valence electrons. The van der Waals surface area contributed by atoms with Crippen LogP contribution in [0.25, 0.3) is 10.4 Å². The minimum absolute atomic E-state index is 0.00117. The van der Waals surface area contributed by atoms with Crippen molar-refractivity contribution in [1.29, 1.82) is 0 Å². The zero-order chi connectivity index (χ0) is 19.7. The van der Waals surface area contributed by atoms with Crippen molar-refractivity contribution < 1.29 is 9.59 Å². The molecule has 1 aromatic heterocycles. The minimum Gasteiger partial charge on any atom is -0.331 e. The summed E-state index contributed by atoms with van der Waals surface area (Å²) in [5, 5.41) is 9.08. The summed E-state index contributed by atoms with van der Waals surface area (Å²) < 4.78 is 0. The Morgan fingerprint density at radius 1 is 1.25 bits per heavy atom. The zero-order valence-electron chi connectivity index (χ0n) is 15.6. The summed E-state index contributed by atoms with van der Waals surface area (Å²) in [6.45, 7) is 3.96. The van der Waals surface area contributed by atoms with E-state index in [0.717, 1.165) is 27.3 Å². The molecule has 1 aliphatic rings. The molecule has 4 rings (SSSR count). The predicted molar refractivity (Wildman–Crippen MR) is 112 cm³/mol. The van der Waals surface area contributed by atoms with Crippen LogP contribution >= 0.6 is 11.3 Å². The Balaban J connectivity index is 1.40. The van der Waals surface area contributed by atoms with Gasteiger partial charge in [0.1, 0.15) is 0 Å². The van der Waals surface area contributed by atoms with Crippen LogP contribution in [0.15, 0.2) is 48.7 Å². The third-order valence-corrected chi connectivity index (χ3v) is 5.68. The first kappa shape index (κ1) is 18.2. The van der Waals surface area contributed by atoms with Crippen LogP contribution in [-0.2, 0) is 11.2 Å². The first-order valence-electron chi connectivity index (χ1n) is 9.01. The van der Waals surface area contributed by atoms with Gasteiger partial charge in [-0.3, -0.25) is 10.1 Å². The highest BCUT2D eigenvalue weighted by Gasteiger charge is 2.19. The molecule has 0 unspecified atom stereocenters. The molecule has 0 spiro atoms. The fraction of sp³-hybridized carbons (Fsp3) is 0.190. The Morgan fingerprint density at radius 2 is 2.07 bits per heavy atom. The number of nitrogens with one attached hydrogen (secondary N) is 3. The maximum absolute atomic E-state index is 12.4. The Hall–Kier alpha value is -3.19. The topological polar surface area (TPSA) is 83.1 Å². The first-order valence-corrected chi connectivity index (χ1v) is 9.83. The Bertz CT molecular complexity index is 1060. The molecule has 3 aromatic rings. The number of amides is 3. The lowest BCUT2D eigenvalue weighted by Gasteiger charge is -2.15. The van der Waals surface area contributed by atoms with E-state index >= 15 is 0 Å². The van der Waals surface area contributed by atoms with E-state index in [-0.39, 0.29) is 18.0 Å². The molecule has 0 fully saturated rings. The van der Waals surface area contributed by atoms with Gasteiger partial charge in [-0.1, -0.05) is 47.7 Å². The van der Waals surface area contributed by atoms with Gasteiger partial charge in [0.25, 0.3) is 0 Å². The number of aryl methyl sites for hydroxylation is 1. The maximum Gasteiger partial charge on any atom is 0.321 e. The van der Waals surface area contributed by atoms with Crippen LogP contribution < -0.4 is 16.0 Å². The van der Waals surface area contributed by atoms with Crippen molar-refractivity contribution in [2.45, 2.75) is 26.3 Å². The van der Waals surface area contributed by atoms with E-state index in [1.807, 2.05) is 43.3 Å². The van der Waals surface area contributed by atoms with E-state index in [1.165, 1.54) is 16.9 Å². The van der Waals surface area contributed by atoms with E-state index in [4.69, 9.17) is 0 Å². The molecule has 0 saturated heterocycles. The first-order chi connectivity index (χ1) is 13.5. The van der Waals surface area contributed by atoms with E-state index in [0.29, 0.717) is 11.6 Å². The van der Waals surface area contributed by atoms with Crippen LogP contribution in [0, 0.1) is 6.92 Å². The molecule has 0 radical (unpaired) electrons. The normalized spacial score (nSPS) is 13.6. The van der Waals surface area contributed by atoms with Crippen LogP contribution in [0.4, 0.5) is 15.6 Å². The summed E-state index contributed by atoms with van der Waals surface area (Å²) in [5.41, 5.74) is 5.03. The number of fused-ring (bicyclic) bond motifs is 1. The van der Waals surface area contributed by atoms with Crippen LogP contribution in [0.5, 0.6) is 0 Å². The number of thiazole rings is 1. The Kier molecular flexibility index (Phi) is 4.83. The molecule has 3 amide bonds. The molecule has 3 N–H and O–H groups in total. The van der Waals surface area contributed by atoms with E-state index in [9.17, 15) is 9.59 Å². The second-order valence-electron chi connectivity index (χ2n) is 6.81. The molecule has 0 saturated carbocycles. The van der Waals surface area contributed by atoms with Gasteiger partial charge in [-0.25, -0.2) is 9.78 Å². The standard InChI is InChI=1S/C21H20N4O2S/c1-12-5-3-4-6-16(12)18-11-22-21(28-18)25-20(27)23-13(2)14-7-8-17-15(9-14)10-19(26)24-17/h3-9,11,13H,10H2,1-2H3,(H,24,26)(H2,22,23,25,27)/t13-/m1/s1. The Morgan fingerprint density at radius 3 is 2.89 bits per heavy atom. The largest absolute Gasteiger partial charge is 0.331 e. The van der Waals surface area contributed by atoms with Gasteiger partial charge in [-0.05, 0) is 42.2 Å². The van der Waals surface area contributed by atoms with Gasteiger partial charge in [0.2, 0.25) is 5.91 Å². The van der Waals surface area contributed by atoms with E-state index in [2.05, 4.69) is 33.9 Å². The molecule has 1 aliphatic heterocycles. The highest BCUT2D eigenvalue weighted by molar-refractivity contribution is 7.19. The van der Waals surface area contributed by atoms with E-state index in [1.54, 1.807) is 6.20 Å². The minimum atomic E-state index is -0.312. The summed E-state index contributed by atoms with van der Waals surface area (Å²) in [4.78, 5) is 29.2. The van der Waals surface area contributed by atoms with Gasteiger partial charge < -0.3 is 10.6 Å². The smallest absolute Gasteiger partial charge is 0.321 e. The number of rotatable bonds is 4. The van der Waals surface area contributed by atoms with Crippen LogP contribution in [0.2, 0.25) is 0 Å². The molecule has 2 heterocycles. The van der Waals surface area contributed by atoms with Gasteiger partial charge in [-0.2, -0.15) is 0 Å². The fourth-order valence-electron chi connectivity index (χ4n) is 3.24. The Labute approximate surface area is 167 Å². The monoisotopic (exact) mass is 392 g/mol. The van der Waals surface area contributed by atoms with Crippen molar-refractivity contribution in [1.82, 2.24) is 10.3 Å². The average Bonchev–Trinajstić information content (AvgIpc) is 3.26. The van der Waals surface area contributed by atoms with Crippen molar-refractivity contribution >= 4 is 34.1 Å². The molecular weight excluding hydrogens is 372 g/mol. The van der Waals surface area contributed by atoms with Gasteiger partial charge >= 0.3 is 6.03 Å². The highest BCUT2D eigenvalue weighted by Crippen LogP contribution is 2.31. The number of aromatic nitrogens is 1. The lowest BCUT2D eigenvalue weighted by atomic mass is 10.0. The second-order valence-corrected chi connectivity index (χ2v) is 7.84. The van der Waals surface area contributed by atoms with Gasteiger partial charge in [-0.15, -0.1) is 0 Å². The third kappa shape index (κ3) is 3.75. The molecule has 0 bridgehead atoms. The van der Waals surface area contributed by atoms with Crippen molar-refractivity contribution in [2.75, 3.05) is 10.6 Å². The van der Waals surface area contributed by atoms with Gasteiger partial charge in [0, 0.05) is 11.9 Å². The lowest BCUT2D eigenvalue weighted by molar-refractivity contribution is -0.115. The zero-order valence-corrected chi connectivity index (χ0v) is 16.4. The highest BCUT2D eigenvalue weighted by atomic mass is 32.1. The molecule has 28 heavy (non-hydrogen) atoms. The molecular formula is C21H20N4O2S. The number of urea groups is 1. The molecule has 2 aromatic carbocycles. The SMILES string of the molecule is Cc1ccccc1-c1cnc(NC(=O)N[C@H](C)c2ccc3c(c2)CC(=O)N3)s1. The van der Waals surface area contributed by atoms with Crippen LogP contribution in [0.3, 0.4) is 0 Å². The fourth-order valence-corrected chi connectivity index (χ4v) is 4.14. The summed E-state index contributed by atoms with van der Waals surface area (Å²) in [7, 11) is 0. The summed E-state index contributed by atoms with van der Waals surface area (Å²) in [5.74, 6) is -0.00117. The van der Waals surface area contributed by atoms with Crippen molar-refractivity contribution in [2.24, 2.45) is 0 Å². The molecule has 1 atom stereocenters. The number of anilines is 2. The van der Waals surface area contributed by atoms with Crippen LogP contribution in [0.1, 0.15) is 29.7 Å². The predicted octanol–water partition coefficient (Wildman–Crippen LogP) is 4.50. The van der Waals surface area contributed by atoms with Crippen molar-refractivity contribution in [3.05, 3.63) is 65.4 Å². The molecule has 0 aliphatic carbocycles. The maximum atomic E-state index is 12.4. The van der Waals surface area contributed by atoms with Crippen LogP contribution in [-0.4, -0.2) is 16.9 Å². The number of hydrogen-bond donors (Lipinski definition) is 3. The summed E-state index contributed by atoms with van der Waals surface area (Å²) in [6, 6.07) is 13.3. The van der Waals surface area contributed by atoms with Crippen molar-refractivity contribution in [3.63, 3.8) is 0 Å². The number of carbonyl (C=O) groups excluding carboxylic acids is 2. The number of hydrogen-bond acceptors (Lipinski definition) is 4. The second kappa shape index (κ2) is 7.44. The number of carbonyl (C=O) groups is 2. The summed E-state index contributed by atoms with van der Waals surface area (Å²) in [6.07, 6.45) is 2.15. The quantitative estimate of drug-likeness (QED) is 0.611. The summed E-state index contributed by atoms with van der Waals surface area (Å²) >= 11 is 1.44. The van der Waals surface area contributed by atoms with E-state index < -0.39 is 0 Å². The lowest BCUT2D eigenvalue weighted by Crippen LogP contribution is -2.31. The van der Waals surface area contributed by atoms with Gasteiger partial charge in [0.15, 0.2) is 5.13 Å².